The molecule has 8 nitrogen and oxygen atoms in total. The average molecular weight is 427 g/mol. The number of methoxy groups -OCH3 is 1. The molecule has 4 N–H and O–H groups in total. The van der Waals surface area contributed by atoms with E-state index in [4.69, 9.17) is 15.2 Å². The largest absolute Gasteiger partial charge is 0.493 e. The van der Waals surface area contributed by atoms with E-state index in [-0.39, 0.29) is 18.6 Å². The molecule has 0 atom stereocenters. The van der Waals surface area contributed by atoms with Gasteiger partial charge in [0.05, 0.1) is 13.3 Å². The van der Waals surface area contributed by atoms with Crippen LogP contribution in [0.1, 0.15) is 37.7 Å². The maximum Gasteiger partial charge on any atom is 0.332 e. The smallest absolute Gasteiger partial charge is 0.332 e. The highest BCUT2D eigenvalue weighted by Crippen LogP contribution is 2.33. The number of carbonyl (C=O) groups excluding carboxylic acids is 2. The van der Waals surface area contributed by atoms with Crippen molar-refractivity contribution in [1.29, 1.82) is 0 Å². The molecule has 1 aromatic rings. The standard InChI is InChI=1S/C17H23BrN4O4/c1-25-14-7-11(9-20-22-17(19)24)13(18)8-15(14)26-10-16(23)21-12-5-3-2-4-6-12/h7-9,12H,2-6,10H2,1H3,(H,21,23)(H3,19,22,24). The van der Waals surface area contributed by atoms with E-state index in [1.807, 2.05) is 0 Å². The SMILES string of the molecule is COc1cc(C=NNC(N)=O)c(Br)cc1OCC(=O)NC1CCCCC1. The zero-order chi connectivity index (χ0) is 18.9. The number of primary amides is 1. The second kappa shape index (κ2) is 10.0. The van der Waals surface area contributed by atoms with Crippen LogP contribution in [0.2, 0.25) is 0 Å². The van der Waals surface area contributed by atoms with Crippen LogP contribution < -0.4 is 25.9 Å². The van der Waals surface area contributed by atoms with Crippen LogP contribution in [0.3, 0.4) is 0 Å². The molecule has 0 spiro atoms. The van der Waals surface area contributed by atoms with Gasteiger partial charge in [0.25, 0.3) is 5.91 Å². The normalized spacial score (nSPS) is 14.8. The quantitative estimate of drug-likeness (QED) is 0.458. The first-order chi connectivity index (χ1) is 12.5. The number of hydrogen-bond acceptors (Lipinski definition) is 5. The second-order valence-corrected chi connectivity index (χ2v) is 6.80. The fourth-order valence-corrected chi connectivity index (χ4v) is 3.17. The van der Waals surface area contributed by atoms with Crippen LogP contribution >= 0.6 is 15.9 Å². The van der Waals surface area contributed by atoms with Crippen LogP contribution in [-0.4, -0.2) is 37.9 Å². The monoisotopic (exact) mass is 426 g/mol. The van der Waals surface area contributed by atoms with E-state index in [2.05, 4.69) is 31.8 Å². The summed E-state index contributed by atoms with van der Waals surface area (Å²) in [5, 5.41) is 6.71. The van der Waals surface area contributed by atoms with Crippen molar-refractivity contribution in [2.24, 2.45) is 10.8 Å². The number of nitrogens with two attached hydrogens (primary N) is 1. The van der Waals surface area contributed by atoms with Crippen molar-refractivity contribution in [2.45, 2.75) is 38.1 Å². The Kier molecular flexibility index (Phi) is 7.71. The van der Waals surface area contributed by atoms with Crippen molar-refractivity contribution in [3.63, 3.8) is 0 Å². The number of ether oxygens (including phenoxy) is 2. The van der Waals surface area contributed by atoms with Gasteiger partial charge in [0.1, 0.15) is 0 Å². The van der Waals surface area contributed by atoms with Crippen LogP contribution in [0.25, 0.3) is 0 Å². The van der Waals surface area contributed by atoms with Gasteiger partial charge >= 0.3 is 6.03 Å². The van der Waals surface area contributed by atoms with Crippen LogP contribution in [-0.2, 0) is 4.79 Å². The molecule has 0 aromatic heterocycles. The molecule has 1 saturated carbocycles. The number of hydrogen-bond donors (Lipinski definition) is 3. The summed E-state index contributed by atoms with van der Waals surface area (Å²) in [7, 11) is 1.50. The number of rotatable bonds is 7. The van der Waals surface area contributed by atoms with Crippen LogP contribution in [0.5, 0.6) is 11.5 Å². The Morgan fingerprint density at radius 2 is 2.04 bits per heavy atom. The molecule has 1 aliphatic rings. The fourth-order valence-electron chi connectivity index (χ4n) is 2.75. The minimum atomic E-state index is -0.756. The number of nitrogens with zero attached hydrogens (tertiary/aromatic N) is 1. The van der Waals surface area contributed by atoms with E-state index >= 15 is 0 Å². The number of benzene rings is 1. The predicted molar refractivity (Wildman–Crippen MR) is 102 cm³/mol. The predicted octanol–water partition coefficient (Wildman–Crippen LogP) is 2.29. The van der Waals surface area contributed by atoms with Crippen molar-refractivity contribution >= 4 is 34.1 Å². The second-order valence-electron chi connectivity index (χ2n) is 5.95. The minimum absolute atomic E-state index is 0.0873. The lowest BCUT2D eigenvalue weighted by molar-refractivity contribution is -0.124. The first-order valence-corrected chi connectivity index (χ1v) is 9.17. The third kappa shape index (κ3) is 6.21. The van der Waals surface area contributed by atoms with Gasteiger partial charge in [-0.3, -0.25) is 4.79 Å². The van der Waals surface area contributed by atoms with Crippen molar-refractivity contribution in [3.05, 3.63) is 22.2 Å². The van der Waals surface area contributed by atoms with Crippen LogP contribution in [0, 0.1) is 0 Å². The molecule has 2 rings (SSSR count). The zero-order valence-corrected chi connectivity index (χ0v) is 16.2. The van der Waals surface area contributed by atoms with Crippen molar-refractivity contribution < 1.29 is 19.1 Å². The summed E-state index contributed by atoms with van der Waals surface area (Å²) in [5.41, 5.74) is 7.71. The third-order valence-corrected chi connectivity index (χ3v) is 4.68. The number of carbonyl (C=O) groups is 2. The lowest BCUT2D eigenvalue weighted by Gasteiger charge is -2.22. The van der Waals surface area contributed by atoms with Gasteiger partial charge in [-0.15, -0.1) is 0 Å². The molecule has 0 saturated heterocycles. The fraction of sp³-hybridized carbons (Fsp3) is 0.471. The molecule has 0 bridgehead atoms. The summed E-state index contributed by atoms with van der Waals surface area (Å²) >= 11 is 3.39. The molecule has 0 heterocycles. The number of halogens is 1. The summed E-state index contributed by atoms with van der Waals surface area (Å²) in [6.07, 6.45) is 7.00. The van der Waals surface area contributed by atoms with Crippen molar-refractivity contribution in [2.75, 3.05) is 13.7 Å². The topological polar surface area (TPSA) is 115 Å². The van der Waals surface area contributed by atoms with E-state index in [1.165, 1.54) is 19.7 Å². The zero-order valence-electron chi connectivity index (χ0n) is 14.6. The van der Waals surface area contributed by atoms with Gasteiger partial charge in [0.2, 0.25) is 0 Å². The summed E-state index contributed by atoms with van der Waals surface area (Å²) in [6.45, 7) is -0.0873. The van der Waals surface area contributed by atoms with Gasteiger partial charge in [-0.1, -0.05) is 19.3 Å². The van der Waals surface area contributed by atoms with E-state index in [1.54, 1.807) is 12.1 Å². The molecule has 1 fully saturated rings. The van der Waals surface area contributed by atoms with Gasteiger partial charge in [-0.2, -0.15) is 5.10 Å². The van der Waals surface area contributed by atoms with Crippen LogP contribution in [0.15, 0.2) is 21.7 Å². The Balaban J connectivity index is 1.97. The number of hydrazone groups is 1. The summed E-state index contributed by atoms with van der Waals surface area (Å²) < 4.78 is 11.6. The molecular weight excluding hydrogens is 404 g/mol. The van der Waals surface area contributed by atoms with E-state index in [0.29, 0.717) is 21.5 Å². The van der Waals surface area contributed by atoms with Crippen molar-refractivity contribution in [3.8, 4) is 11.5 Å². The molecule has 0 unspecified atom stereocenters. The lowest BCUT2D eigenvalue weighted by atomic mass is 9.95. The minimum Gasteiger partial charge on any atom is -0.493 e. The molecular formula is C17H23BrN4O4. The molecule has 1 aliphatic carbocycles. The molecule has 9 heteroatoms. The Labute approximate surface area is 160 Å². The van der Waals surface area contributed by atoms with E-state index in [0.717, 1.165) is 25.7 Å². The Morgan fingerprint density at radius 3 is 2.69 bits per heavy atom. The molecule has 26 heavy (non-hydrogen) atoms. The van der Waals surface area contributed by atoms with Crippen LogP contribution in [0.4, 0.5) is 4.79 Å². The number of amides is 3. The Hall–Kier alpha value is -2.29. The van der Waals surface area contributed by atoms with E-state index in [9.17, 15) is 9.59 Å². The summed E-state index contributed by atoms with van der Waals surface area (Å²) in [6, 6.07) is 2.83. The Bertz CT molecular complexity index is 675. The maximum absolute atomic E-state index is 12.1. The summed E-state index contributed by atoms with van der Waals surface area (Å²) in [5.74, 6) is 0.726. The van der Waals surface area contributed by atoms with Gasteiger partial charge in [0.15, 0.2) is 18.1 Å². The highest BCUT2D eigenvalue weighted by molar-refractivity contribution is 9.10. The van der Waals surface area contributed by atoms with Gasteiger partial charge in [0, 0.05) is 16.1 Å². The molecule has 0 aliphatic heterocycles. The number of nitrogens with one attached hydrogen (secondary N) is 2. The summed E-state index contributed by atoms with van der Waals surface area (Å²) in [4.78, 5) is 22.7. The first-order valence-electron chi connectivity index (χ1n) is 8.37. The van der Waals surface area contributed by atoms with E-state index < -0.39 is 6.03 Å². The third-order valence-electron chi connectivity index (χ3n) is 3.99. The van der Waals surface area contributed by atoms with Gasteiger partial charge in [-0.05, 0) is 40.9 Å². The lowest BCUT2D eigenvalue weighted by Crippen LogP contribution is -2.39. The van der Waals surface area contributed by atoms with Crippen molar-refractivity contribution in [1.82, 2.24) is 10.7 Å². The number of urea groups is 1. The van der Waals surface area contributed by atoms with Gasteiger partial charge in [-0.25, -0.2) is 10.2 Å². The van der Waals surface area contributed by atoms with Gasteiger partial charge < -0.3 is 20.5 Å². The maximum atomic E-state index is 12.1. The highest BCUT2D eigenvalue weighted by atomic mass is 79.9. The molecule has 142 valence electrons. The Morgan fingerprint density at radius 1 is 1.31 bits per heavy atom. The molecule has 1 aromatic carbocycles. The average Bonchev–Trinajstić information content (AvgIpc) is 2.62. The molecule has 3 amide bonds. The molecule has 0 radical (unpaired) electrons. The first kappa shape index (κ1) is 20.0. The highest BCUT2D eigenvalue weighted by Gasteiger charge is 2.17.